The molecule has 0 fully saturated rings. The van der Waals surface area contributed by atoms with E-state index in [1.807, 2.05) is 32.0 Å². The van der Waals surface area contributed by atoms with E-state index in [9.17, 15) is 13.2 Å². The number of rotatable bonds is 6. The molecule has 0 saturated heterocycles. The van der Waals surface area contributed by atoms with Crippen LogP contribution in [0.4, 0.5) is 10.8 Å². The average Bonchev–Trinajstić information content (AvgIpc) is 3.17. The Morgan fingerprint density at radius 1 is 1.03 bits per heavy atom. The average molecular weight is 452 g/mol. The number of nitrogens with one attached hydrogen (secondary N) is 2. The molecule has 0 unspecified atom stereocenters. The van der Waals surface area contributed by atoms with Crippen molar-refractivity contribution in [1.82, 2.24) is 4.98 Å². The predicted molar refractivity (Wildman–Crippen MR) is 125 cm³/mol. The number of amides is 1. The molecular formula is C23H21N3O3S2. The molecule has 2 N–H and O–H groups in total. The molecule has 158 valence electrons. The van der Waals surface area contributed by atoms with Gasteiger partial charge in [-0.2, -0.15) is 0 Å². The van der Waals surface area contributed by atoms with Crippen LogP contribution in [0.5, 0.6) is 0 Å². The molecular weight excluding hydrogens is 430 g/mol. The van der Waals surface area contributed by atoms with Gasteiger partial charge in [0.2, 0.25) is 0 Å². The van der Waals surface area contributed by atoms with Crippen molar-refractivity contribution in [2.24, 2.45) is 0 Å². The molecule has 1 amide bonds. The van der Waals surface area contributed by atoms with Gasteiger partial charge in [-0.15, -0.1) is 0 Å². The Hall–Kier alpha value is -3.23. The number of anilines is 2. The van der Waals surface area contributed by atoms with Crippen LogP contribution in [0.1, 0.15) is 28.4 Å². The van der Waals surface area contributed by atoms with E-state index in [2.05, 4.69) is 15.0 Å². The predicted octanol–water partition coefficient (Wildman–Crippen LogP) is 5.22. The van der Waals surface area contributed by atoms with Crippen molar-refractivity contribution in [2.45, 2.75) is 25.2 Å². The number of aromatic nitrogens is 1. The number of sulfonamides is 1. The molecule has 0 aliphatic heterocycles. The van der Waals surface area contributed by atoms with Gasteiger partial charge in [0.15, 0.2) is 5.13 Å². The Labute approximate surface area is 185 Å². The second-order valence-electron chi connectivity index (χ2n) is 7.05. The zero-order valence-corrected chi connectivity index (χ0v) is 18.7. The number of carbonyl (C=O) groups is 1. The highest BCUT2D eigenvalue weighted by molar-refractivity contribution is 7.92. The molecule has 4 rings (SSSR count). The normalized spacial score (nSPS) is 11.4. The van der Waals surface area contributed by atoms with E-state index in [0.717, 1.165) is 21.3 Å². The molecule has 0 aliphatic rings. The topological polar surface area (TPSA) is 88.2 Å². The standard InChI is InChI=1S/C23H21N3O3S2/c1-3-16-9-7-8-12-20(16)31(28,29)26-18-13-15(2)21-19(14-18)30-23(24-21)25-22(27)17-10-5-4-6-11-17/h4-14,26H,3H2,1-2H3,(H,24,25,27). The van der Waals surface area contributed by atoms with Crippen LogP contribution >= 0.6 is 11.3 Å². The van der Waals surface area contributed by atoms with Gasteiger partial charge in [-0.3, -0.25) is 14.8 Å². The Kier molecular flexibility index (Phi) is 5.75. The molecule has 8 heteroatoms. The first-order chi connectivity index (χ1) is 14.9. The quantitative estimate of drug-likeness (QED) is 0.421. The molecule has 3 aromatic carbocycles. The highest BCUT2D eigenvalue weighted by Crippen LogP contribution is 2.32. The van der Waals surface area contributed by atoms with Crippen LogP contribution < -0.4 is 10.0 Å². The smallest absolute Gasteiger partial charge is 0.262 e. The summed E-state index contributed by atoms with van der Waals surface area (Å²) < 4.78 is 29.4. The number of fused-ring (bicyclic) bond motifs is 1. The van der Waals surface area contributed by atoms with Gasteiger partial charge in [-0.1, -0.05) is 54.7 Å². The van der Waals surface area contributed by atoms with Crippen molar-refractivity contribution in [3.05, 3.63) is 83.4 Å². The summed E-state index contributed by atoms with van der Waals surface area (Å²) in [6, 6.07) is 19.4. The summed E-state index contributed by atoms with van der Waals surface area (Å²) in [4.78, 5) is 17.2. The number of hydrogen-bond donors (Lipinski definition) is 2. The van der Waals surface area contributed by atoms with Crippen LogP contribution in [0.2, 0.25) is 0 Å². The fourth-order valence-electron chi connectivity index (χ4n) is 3.34. The van der Waals surface area contributed by atoms with E-state index in [1.165, 1.54) is 11.3 Å². The maximum Gasteiger partial charge on any atom is 0.262 e. The fraction of sp³-hybridized carbons (Fsp3) is 0.130. The van der Waals surface area contributed by atoms with Crippen molar-refractivity contribution < 1.29 is 13.2 Å². The van der Waals surface area contributed by atoms with E-state index in [-0.39, 0.29) is 10.8 Å². The number of benzene rings is 3. The van der Waals surface area contributed by atoms with Crippen LogP contribution in [-0.4, -0.2) is 19.3 Å². The van der Waals surface area contributed by atoms with Crippen LogP contribution in [-0.2, 0) is 16.4 Å². The van der Waals surface area contributed by atoms with Gasteiger partial charge < -0.3 is 0 Å². The van der Waals surface area contributed by atoms with Crippen LogP contribution in [0.25, 0.3) is 10.2 Å². The van der Waals surface area contributed by atoms with Crippen LogP contribution in [0, 0.1) is 6.92 Å². The highest BCUT2D eigenvalue weighted by Gasteiger charge is 2.19. The number of aryl methyl sites for hydroxylation is 2. The first kappa shape index (κ1) is 21.0. The minimum atomic E-state index is -3.73. The SMILES string of the molecule is CCc1ccccc1S(=O)(=O)Nc1cc(C)c2nc(NC(=O)c3ccccc3)sc2c1. The highest BCUT2D eigenvalue weighted by atomic mass is 32.2. The Bertz CT molecular complexity index is 1360. The van der Waals surface area contributed by atoms with Gasteiger partial charge >= 0.3 is 0 Å². The van der Waals surface area contributed by atoms with Gasteiger partial charge in [-0.25, -0.2) is 13.4 Å². The summed E-state index contributed by atoms with van der Waals surface area (Å²) >= 11 is 1.30. The summed E-state index contributed by atoms with van der Waals surface area (Å²) in [5.41, 5.74) is 3.30. The number of carbonyl (C=O) groups excluding carboxylic acids is 1. The maximum atomic E-state index is 13.0. The minimum Gasteiger partial charge on any atom is -0.298 e. The monoisotopic (exact) mass is 451 g/mol. The lowest BCUT2D eigenvalue weighted by Gasteiger charge is -2.12. The molecule has 6 nitrogen and oxygen atoms in total. The fourth-order valence-corrected chi connectivity index (χ4v) is 5.67. The summed E-state index contributed by atoms with van der Waals surface area (Å²) in [5.74, 6) is -0.241. The molecule has 0 aliphatic carbocycles. The third-order valence-electron chi connectivity index (χ3n) is 4.84. The van der Waals surface area contributed by atoms with Gasteiger partial charge in [0, 0.05) is 5.56 Å². The molecule has 31 heavy (non-hydrogen) atoms. The lowest BCUT2D eigenvalue weighted by Crippen LogP contribution is -2.15. The van der Waals surface area contributed by atoms with E-state index < -0.39 is 10.0 Å². The zero-order valence-electron chi connectivity index (χ0n) is 17.0. The number of nitrogens with zero attached hydrogens (tertiary/aromatic N) is 1. The largest absolute Gasteiger partial charge is 0.298 e. The summed E-state index contributed by atoms with van der Waals surface area (Å²) in [5, 5.41) is 3.27. The second-order valence-corrected chi connectivity index (χ2v) is 9.73. The Morgan fingerprint density at radius 2 is 1.74 bits per heavy atom. The first-order valence-electron chi connectivity index (χ1n) is 9.75. The van der Waals surface area contributed by atoms with E-state index >= 15 is 0 Å². The molecule has 0 bridgehead atoms. The Morgan fingerprint density at radius 3 is 2.48 bits per heavy atom. The zero-order chi connectivity index (χ0) is 22.0. The van der Waals surface area contributed by atoms with E-state index in [1.54, 1.807) is 48.5 Å². The van der Waals surface area contributed by atoms with Crippen LogP contribution in [0.3, 0.4) is 0 Å². The molecule has 0 saturated carbocycles. The summed E-state index contributed by atoms with van der Waals surface area (Å²) in [7, 11) is -3.73. The van der Waals surface area contributed by atoms with Crippen molar-refractivity contribution in [2.75, 3.05) is 10.0 Å². The third-order valence-corrected chi connectivity index (χ3v) is 7.24. The third kappa shape index (κ3) is 4.45. The number of thiazole rings is 1. The van der Waals surface area contributed by atoms with E-state index in [0.29, 0.717) is 22.8 Å². The molecule has 0 atom stereocenters. The molecule has 1 heterocycles. The lowest BCUT2D eigenvalue weighted by molar-refractivity contribution is 0.102. The maximum absolute atomic E-state index is 13.0. The molecule has 1 aromatic heterocycles. The first-order valence-corrected chi connectivity index (χ1v) is 12.1. The van der Waals surface area contributed by atoms with Crippen molar-refractivity contribution in [3.63, 3.8) is 0 Å². The van der Waals surface area contributed by atoms with Gasteiger partial charge in [0.05, 0.1) is 20.8 Å². The minimum absolute atomic E-state index is 0.241. The molecule has 4 aromatic rings. The van der Waals surface area contributed by atoms with Crippen molar-refractivity contribution in [3.8, 4) is 0 Å². The van der Waals surface area contributed by atoms with Gasteiger partial charge in [0.1, 0.15) is 0 Å². The lowest BCUT2D eigenvalue weighted by atomic mass is 10.2. The number of hydrogen-bond acceptors (Lipinski definition) is 5. The summed E-state index contributed by atoms with van der Waals surface area (Å²) in [6.45, 7) is 3.79. The van der Waals surface area contributed by atoms with Crippen molar-refractivity contribution in [1.29, 1.82) is 0 Å². The van der Waals surface area contributed by atoms with Crippen LogP contribution in [0.15, 0.2) is 71.6 Å². The van der Waals surface area contributed by atoms with Crippen molar-refractivity contribution >= 4 is 48.3 Å². The Balaban J connectivity index is 1.63. The van der Waals surface area contributed by atoms with Gasteiger partial charge in [0.25, 0.3) is 15.9 Å². The molecule has 0 spiro atoms. The van der Waals surface area contributed by atoms with Gasteiger partial charge in [-0.05, 0) is 54.8 Å². The molecule has 0 radical (unpaired) electrons. The van der Waals surface area contributed by atoms with E-state index in [4.69, 9.17) is 0 Å². The summed E-state index contributed by atoms with van der Waals surface area (Å²) in [6.07, 6.45) is 0.620. The second kappa shape index (κ2) is 8.49.